The molecule has 0 aromatic heterocycles. The number of allylic oxidation sites excluding steroid dienone is 1. The largest absolute Gasteiger partial charge is 0.465 e. The van der Waals surface area contributed by atoms with E-state index in [0.29, 0.717) is 12.5 Å². The number of carbonyl (C=O) groups excluding carboxylic acids is 1. The lowest BCUT2D eigenvalue weighted by Crippen LogP contribution is -2.24. The van der Waals surface area contributed by atoms with E-state index in [2.05, 4.69) is 12.2 Å². The minimum atomic E-state index is -0.373. The molecule has 2 heteroatoms. The normalized spacial score (nSPS) is 21.9. The highest BCUT2D eigenvalue weighted by Crippen LogP contribution is 2.20. The smallest absolute Gasteiger partial charge is 0.311 e. The molecule has 0 saturated heterocycles. The number of ether oxygens (including phenoxy) is 1. The second-order valence-electron chi connectivity index (χ2n) is 4.61. The number of esters is 1. The predicted molar refractivity (Wildman–Crippen MR) is 52.3 cm³/mol. The van der Waals surface area contributed by atoms with E-state index in [4.69, 9.17) is 4.74 Å². The molecular weight excluding hydrogens is 164 g/mol. The maximum absolute atomic E-state index is 11.4. The molecule has 0 N–H and O–H groups in total. The molecule has 1 aliphatic carbocycles. The van der Waals surface area contributed by atoms with E-state index >= 15 is 0 Å². The van der Waals surface area contributed by atoms with E-state index in [1.54, 1.807) is 0 Å². The Hall–Kier alpha value is -0.790. The lowest BCUT2D eigenvalue weighted by atomic mass is 9.97. The van der Waals surface area contributed by atoms with Crippen molar-refractivity contribution < 1.29 is 9.53 Å². The standard InChI is InChI=1S/C11H18O2/c1-11(2,3)10(12)13-8-9-6-4-5-7-9/h4,6,9H,5,7-8H2,1-3H3. The molecule has 1 unspecified atom stereocenters. The molecule has 0 heterocycles. The highest BCUT2D eigenvalue weighted by atomic mass is 16.5. The van der Waals surface area contributed by atoms with Crippen LogP contribution in [0.5, 0.6) is 0 Å². The SMILES string of the molecule is CC(C)(C)C(=O)OCC1C=CCC1. The molecule has 1 atom stereocenters. The molecule has 1 rings (SSSR count). The van der Waals surface area contributed by atoms with Crippen LogP contribution >= 0.6 is 0 Å². The summed E-state index contributed by atoms with van der Waals surface area (Å²) in [4.78, 5) is 11.4. The van der Waals surface area contributed by atoms with Gasteiger partial charge in [0.1, 0.15) is 0 Å². The van der Waals surface area contributed by atoms with Crippen LogP contribution in [0.15, 0.2) is 12.2 Å². The Balaban J connectivity index is 2.26. The Labute approximate surface area is 80.0 Å². The lowest BCUT2D eigenvalue weighted by Gasteiger charge is -2.18. The van der Waals surface area contributed by atoms with Crippen molar-refractivity contribution in [1.29, 1.82) is 0 Å². The average molecular weight is 182 g/mol. The summed E-state index contributed by atoms with van der Waals surface area (Å²) in [5.74, 6) is 0.346. The molecule has 1 aliphatic rings. The first-order valence-electron chi connectivity index (χ1n) is 4.84. The topological polar surface area (TPSA) is 26.3 Å². The summed E-state index contributed by atoms with van der Waals surface area (Å²) >= 11 is 0. The van der Waals surface area contributed by atoms with Gasteiger partial charge in [-0.1, -0.05) is 12.2 Å². The van der Waals surface area contributed by atoms with Gasteiger partial charge in [0.05, 0.1) is 12.0 Å². The van der Waals surface area contributed by atoms with Crippen molar-refractivity contribution in [2.24, 2.45) is 11.3 Å². The van der Waals surface area contributed by atoms with Gasteiger partial charge in [-0.2, -0.15) is 0 Å². The van der Waals surface area contributed by atoms with Crippen LogP contribution in [0.4, 0.5) is 0 Å². The molecule has 13 heavy (non-hydrogen) atoms. The van der Waals surface area contributed by atoms with E-state index < -0.39 is 0 Å². The fraction of sp³-hybridized carbons (Fsp3) is 0.727. The van der Waals surface area contributed by atoms with Gasteiger partial charge in [0.2, 0.25) is 0 Å². The van der Waals surface area contributed by atoms with E-state index in [1.165, 1.54) is 0 Å². The zero-order valence-corrected chi connectivity index (χ0v) is 8.67. The van der Waals surface area contributed by atoms with Gasteiger partial charge in [-0.25, -0.2) is 0 Å². The predicted octanol–water partition coefficient (Wildman–Crippen LogP) is 2.54. The van der Waals surface area contributed by atoms with Crippen molar-refractivity contribution in [1.82, 2.24) is 0 Å². The van der Waals surface area contributed by atoms with Crippen LogP contribution in [0, 0.1) is 11.3 Å². The molecule has 0 fully saturated rings. The second-order valence-corrected chi connectivity index (χ2v) is 4.61. The van der Waals surface area contributed by atoms with Crippen LogP contribution in [-0.4, -0.2) is 12.6 Å². The van der Waals surface area contributed by atoms with Crippen LogP contribution in [0.2, 0.25) is 0 Å². The number of hydrogen-bond donors (Lipinski definition) is 0. The van der Waals surface area contributed by atoms with Crippen molar-refractivity contribution in [3.05, 3.63) is 12.2 Å². The third kappa shape index (κ3) is 3.21. The Kier molecular flexibility index (Phi) is 3.12. The summed E-state index contributed by atoms with van der Waals surface area (Å²) in [7, 11) is 0. The first-order valence-corrected chi connectivity index (χ1v) is 4.84. The van der Waals surface area contributed by atoms with E-state index in [-0.39, 0.29) is 11.4 Å². The molecule has 0 aromatic rings. The van der Waals surface area contributed by atoms with Crippen molar-refractivity contribution >= 4 is 5.97 Å². The summed E-state index contributed by atoms with van der Waals surface area (Å²) in [6.07, 6.45) is 6.53. The molecule has 0 spiro atoms. The maximum Gasteiger partial charge on any atom is 0.311 e. The van der Waals surface area contributed by atoms with Gasteiger partial charge in [-0.05, 0) is 33.6 Å². The van der Waals surface area contributed by atoms with Gasteiger partial charge >= 0.3 is 5.97 Å². The second kappa shape index (κ2) is 3.95. The van der Waals surface area contributed by atoms with Gasteiger partial charge in [0, 0.05) is 5.92 Å². The summed E-state index contributed by atoms with van der Waals surface area (Å²) < 4.78 is 5.20. The third-order valence-electron chi connectivity index (χ3n) is 2.15. The summed E-state index contributed by atoms with van der Waals surface area (Å²) in [5.41, 5.74) is -0.373. The van der Waals surface area contributed by atoms with Crippen molar-refractivity contribution in [2.45, 2.75) is 33.6 Å². The van der Waals surface area contributed by atoms with Gasteiger partial charge in [0.15, 0.2) is 0 Å². The zero-order chi connectivity index (χ0) is 9.90. The Morgan fingerprint density at radius 3 is 2.69 bits per heavy atom. The quantitative estimate of drug-likeness (QED) is 0.484. The van der Waals surface area contributed by atoms with Crippen LogP contribution in [0.25, 0.3) is 0 Å². The van der Waals surface area contributed by atoms with Gasteiger partial charge in [-0.15, -0.1) is 0 Å². The molecule has 0 amide bonds. The highest BCUT2D eigenvalue weighted by molar-refractivity contribution is 5.75. The molecule has 74 valence electrons. The number of hydrogen-bond acceptors (Lipinski definition) is 2. The van der Waals surface area contributed by atoms with Crippen LogP contribution < -0.4 is 0 Å². The minimum absolute atomic E-state index is 0.104. The van der Waals surface area contributed by atoms with Crippen molar-refractivity contribution in [3.8, 4) is 0 Å². The van der Waals surface area contributed by atoms with Gasteiger partial charge < -0.3 is 4.74 Å². The van der Waals surface area contributed by atoms with Crippen molar-refractivity contribution in [3.63, 3.8) is 0 Å². The molecule has 0 aromatic carbocycles. The van der Waals surface area contributed by atoms with E-state index in [9.17, 15) is 4.79 Å². The van der Waals surface area contributed by atoms with Crippen LogP contribution in [0.3, 0.4) is 0 Å². The fourth-order valence-corrected chi connectivity index (χ4v) is 1.23. The van der Waals surface area contributed by atoms with Gasteiger partial charge in [0.25, 0.3) is 0 Å². The van der Waals surface area contributed by atoms with Crippen LogP contribution in [-0.2, 0) is 9.53 Å². The monoisotopic (exact) mass is 182 g/mol. The van der Waals surface area contributed by atoms with Gasteiger partial charge in [-0.3, -0.25) is 4.79 Å². The molecule has 0 radical (unpaired) electrons. The highest BCUT2D eigenvalue weighted by Gasteiger charge is 2.24. The minimum Gasteiger partial charge on any atom is -0.465 e. The fourth-order valence-electron chi connectivity index (χ4n) is 1.23. The van der Waals surface area contributed by atoms with Crippen LogP contribution in [0.1, 0.15) is 33.6 Å². The molecule has 0 saturated carbocycles. The Bertz CT molecular complexity index is 211. The van der Waals surface area contributed by atoms with E-state index in [1.807, 2.05) is 20.8 Å². The average Bonchev–Trinajstić information content (AvgIpc) is 2.50. The molecule has 2 nitrogen and oxygen atoms in total. The summed E-state index contributed by atoms with van der Waals surface area (Å²) in [6.45, 7) is 6.17. The maximum atomic E-state index is 11.4. The first kappa shape index (κ1) is 10.3. The van der Waals surface area contributed by atoms with Crippen molar-refractivity contribution in [2.75, 3.05) is 6.61 Å². The number of rotatable bonds is 2. The summed E-state index contributed by atoms with van der Waals surface area (Å²) in [6, 6.07) is 0. The summed E-state index contributed by atoms with van der Waals surface area (Å²) in [5, 5.41) is 0. The lowest BCUT2D eigenvalue weighted by molar-refractivity contribution is -0.153. The van der Waals surface area contributed by atoms with E-state index in [0.717, 1.165) is 12.8 Å². The first-order chi connectivity index (χ1) is 6.00. The molecular formula is C11H18O2. The Morgan fingerprint density at radius 2 is 2.23 bits per heavy atom. The number of carbonyl (C=O) groups is 1. The third-order valence-corrected chi connectivity index (χ3v) is 2.15. The zero-order valence-electron chi connectivity index (χ0n) is 8.67. The Morgan fingerprint density at radius 1 is 1.54 bits per heavy atom. The molecule has 0 bridgehead atoms. The molecule has 0 aliphatic heterocycles.